The fraction of sp³-hybridized carbons (Fsp3) is 0.429. The maximum absolute atomic E-state index is 10.1. The van der Waals surface area contributed by atoms with Crippen LogP contribution in [0.25, 0.3) is 0 Å². The molecule has 4 nitrogen and oxygen atoms in total. The van der Waals surface area contributed by atoms with Crippen LogP contribution >= 0.6 is 0 Å². The summed E-state index contributed by atoms with van der Waals surface area (Å²) >= 11 is 0. The van der Waals surface area contributed by atoms with Crippen LogP contribution in [0.1, 0.15) is 43.7 Å². The standard InChI is InChI=1S/C14H19N3O/c1-3-11(2)17-8-6-13(16-17)9-14(18)12-5-4-7-15-10-12/h4-8,10-11,14,18H,3,9H2,1-2H3. The number of pyridine rings is 1. The zero-order valence-corrected chi connectivity index (χ0v) is 10.8. The normalized spacial score (nSPS) is 14.4. The lowest BCUT2D eigenvalue weighted by Gasteiger charge is -2.10. The van der Waals surface area contributed by atoms with Crippen LogP contribution in [0.2, 0.25) is 0 Å². The van der Waals surface area contributed by atoms with E-state index in [2.05, 4.69) is 23.9 Å². The van der Waals surface area contributed by atoms with Gasteiger partial charge >= 0.3 is 0 Å². The van der Waals surface area contributed by atoms with Crippen molar-refractivity contribution in [2.24, 2.45) is 0 Å². The summed E-state index contributed by atoms with van der Waals surface area (Å²) in [5.41, 5.74) is 1.74. The van der Waals surface area contributed by atoms with Gasteiger partial charge in [0.25, 0.3) is 0 Å². The van der Waals surface area contributed by atoms with Crippen LogP contribution in [0, 0.1) is 0 Å². The molecule has 2 aromatic heterocycles. The van der Waals surface area contributed by atoms with Gasteiger partial charge in [-0.1, -0.05) is 13.0 Å². The lowest BCUT2D eigenvalue weighted by Crippen LogP contribution is -2.07. The van der Waals surface area contributed by atoms with E-state index in [0.29, 0.717) is 12.5 Å². The molecule has 2 aromatic rings. The minimum absolute atomic E-state index is 0.397. The molecule has 0 radical (unpaired) electrons. The molecule has 0 saturated heterocycles. The highest BCUT2D eigenvalue weighted by Gasteiger charge is 2.11. The Labute approximate surface area is 107 Å². The van der Waals surface area contributed by atoms with Crippen LogP contribution in [-0.2, 0) is 6.42 Å². The van der Waals surface area contributed by atoms with E-state index in [1.807, 2.05) is 29.1 Å². The number of aliphatic hydroxyl groups is 1. The molecule has 0 fully saturated rings. The summed E-state index contributed by atoms with van der Waals surface area (Å²) in [6, 6.07) is 6.07. The summed E-state index contributed by atoms with van der Waals surface area (Å²) in [6.45, 7) is 4.27. The third-order valence-electron chi connectivity index (χ3n) is 3.18. The molecule has 96 valence electrons. The monoisotopic (exact) mass is 245 g/mol. The molecule has 0 aliphatic rings. The minimum Gasteiger partial charge on any atom is -0.388 e. The molecular formula is C14H19N3O. The molecule has 0 saturated carbocycles. The molecule has 0 bridgehead atoms. The van der Waals surface area contributed by atoms with Crippen LogP contribution in [-0.4, -0.2) is 19.9 Å². The van der Waals surface area contributed by atoms with Crippen LogP contribution < -0.4 is 0 Å². The van der Waals surface area contributed by atoms with Crippen LogP contribution in [0.3, 0.4) is 0 Å². The van der Waals surface area contributed by atoms with Crippen LogP contribution in [0.4, 0.5) is 0 Å². The van der Waals surface area contributed by atoms with Crippen LogP contribution in [0.5, 0.6) is 0 Å². The number of hydrogen-bond donors (Lipinski definition) is 1. The van der Waals surface area contributed by atoms with Crippen molar-refractivity contribution >= 4 is 0 Å². The van der Waals surface area contributed by atoms with Gasteiger partial charge in [0.15, 0.2) is 0 Å². The Kier molecular flexibility index (Phi) is 4.10. The minimum atomic E-state index is -0.543. The van der Waals surface area contributed by atoms with E-state index in [-0.39, 0.29) is 0 Å². The van der Waals surface area contributed by atoms with Gasteiger partial charge in [-0.25, -0.2) is 0 Å². The van der Waals surface area contributed by atoms with Gasteiger partial charge < -0.3 is 5.11 Å². The van der Waals surface area contributed by atoms with Crippen LogP contribution in [0.15, 0.2) is 36.8 Å². The van der Waals surface area contributed by atoms with Crippen molar-refractivity contribution in [3.8, 4) is 0 Å². The highest BCUT2D eigenvalue weighted by atomic mass is 16.3. The Morgan fingerprint density at radius 3 is 2.89 bits per heavy atom. The van der Waals surface area contributed by atoms with E-state index < -0.39 is 6.10 Å². The lowest BCUT2D eigenvalue weighted by molar-refractivity contribution is 0.176. The van der Waals surface area contributed by atoms with E-state index >= 15 is 0 Å². The zero-order chi connectivity index (χ0) is 13.0. The highest BCUT2D eigenvalue weighted by molar-refractivity contribution is 5.14. The first-order valence-corrected chi connectivity index (χ1v) is 6.32. The van der Waals surface area contributed by atoms with Gasteiger partial charge in [0, 0.05) is 31.1 Å². The summed E-state index contributed by atoms with van der Waals surface area (Å²) < 4.78 is 1.95. The SMILES string of the molecule is CCC(C)n1ccc(CC(O)c2cccnc2)n1. The molecule has 2 heterocycles. The Hall–Kier alpha value is -1.68. The van der Waals surface area contributed by atoms with Crippen molar-refractivity contribution in [3.05, 3.63) is 48.0 Å². The molecule has 1 N–H and O–H groups in total. The molecule has 2 rings (SSSR count). The van der Waals surface area contributed by atoms with Gasteiger partial charge in [-0.3, -0.25) is 9.67 Å². The van der Waals surface area contributed by atoms with Gasteiger partial charge in [0.2, 0.25) is 0 Å². The average molecular weight is 245 g/mol. The molecule has 4 heteroatoms. The number of hydrogen-bond acceptors (Lipinski definition) is 3. The Morgan fingerprint density at radius 2 is 2.22 bits per heavy atom. The van der Waals surface area contributed by atoms with Gasteiger partial charge in [-0.05, 0) is 31.0 Å². The van der Waals surface area contributed by atoms with Crippen molar-refractivity contribution in [2.75, 3.05) is 0 Å². The van der Waals surface area contributed by atoms with Crippen molar-refractivity contribution in [2.45, 2.75) is 38.8 Å². The van der Waals surface area contributed by atoms with Crippen molar-refractivity contribution in [3.63, 3.8) is 0 Å². The van der Waals surface area contributed by atoms with E-state index in [4.69, 9.17) is 0 Å². The number of aliphatic hydroxyl groups excluding tert-OH is 1. The molecule has 0 aliphatic carbocycles. The average Bonchev–Trinajstić information content (AvgIpc) is 2.87. The first-order chi connectivity index (χ1) is 8.70. The van der Waals surface area contributed by atoms with E-state index in [1.54, 1.807) is 12.4 Å². The zero-order valence-electron chi connectivity index (χ0n) is 10.8. The molecule has 2 atom stereocenters. The van der Waals surface area contributed by atoms with Gasteiger partial charge in [-0.2, -0.15) is 5.10 Å². The second-order valence-electron chi connectivity index (χ2n) is 4.55. The largest absolute Gasteiger partial charge is 0.388 e. The second-order valence-corrected chi connectivity index (χ2v) is 4.55. The lowest BCUT2D eigenvalue weighted by atomic mass is 10.1. The van der Waals surface area contributed by atoms with E-state index in [1.165, 1.54) is 0 Å². The second kappa shape index (κ2) is 5.78. The predicted octanol–water partition coefficient (Wildman–Crippen LogP) is 2.53. The van der Waals surface area contributed by atoms with Crippen molar-refractivity contribution in [1.82, 2.24) is 14.8 Å². The number of nitrogens with zero attached hydrogens (tertiary/aromatic N) is 3. The van der Waals surface area contributed by atoms with Crippen molar-refractivity contribution in [1.29, 1.82) is 0 Å². The Balaban J connectivity index is 2.03. The molecule has 2 unspecified atom stereocenters. The number of aromatic nitrogens is 3. The topological polar surface area (TPSA) is 50.9 Å². The van der Waals surface area contributed by atoms with Gasteiger partial charge in [-0.15, -0.1) is 0 Å². The fourth-order valence-corrected chi connectivity index (χ4v) is 1.81. The molecule has 0 spiro atoms. The summed E-state index contributed by atoms with van der Waals surface area (Å²) in [4.78, 5) is 4.01. The summed E-state index contributed by atoms with van der Waals surface area (Å²) in [5, 5.41) is 14.6. The van der Waals surface area contributed by atoms with Gasteiger partial charge in [0.1, 0.15) is 0 Å². The highest BCUT2D eigenvalue weighted by Crippen LogP contribution is 2.17. The molecule has 0 aromatic carbocycles. The molecule has 18 heavy (non-hydrogen) atoms. The Bertz CT molecular complexity index is 481. The van der Waals surface area contributed by atoms with E-state index in [0.717, 1.165) is 17.7 Å². The van der Waals surface area contributed by atoms with E-state index in [9.17, 15) is 5.11 Å². The maximum atomic E-state index is 10.1. The smallest absolute Gasteiger partial charge is 0.0860 e. The van der Waals surface area contributed by atoms with Crippen molar-refractivity contribution < 1.29 is 5.11 Å². The summed E-state index contributed by atoms with van der Waals surface area (Å²) in [5.74, 6) is 0. The molecule has 0 amide bonds. The van der Waals surface area contributed by atoms with Gasteiger partial charge in [0.05, 0.1) is 11.8 Å². The first kappa shape index (κ1) is 12.8. The third kappa shape index (κ3) is 2.96. The summed E-state index contributed by atoms with van der Waals surface area (Å²) in [6.07, 6.45) is 6.39. The number of rotatable bonds is 5. The third-order valence-corrected chi connectivity index (χ3v) is 3.18. The molecule has 0 aliphatic heterocycles. The summed E-state index contributed by atoms with van der Waals surface area (Å²) in [7, 11) is 0. The quantitative estimate of drug-likeness (QED) is 0.880. The molecular weight excluding hydrogens is 226 g/mol. The maximum Gasteiger partial charge on any atom is 0.0860 e. The predicted molar refractivity (Wildman–Crippen MR) is 70.1 cm³/mol. The fourth-order valence-electron chi connectivity index (χ4n) is 1.81. The first-order valence-electron chi connectivity index (χ1n) is 6.32. The Morgan fingerprint density at radius 1 is 1.39 bits per heavy atom.